The summed E-state index contributed by atoms with van der Waals surface area (Å²) in [6.45, 7) is 1.91. The highest BCUT2D eigenvalue weighted by Gasteiger charge is 2.25. The van der Waals surface area contributed by atoms with Gasteiger partial charge in [0.2, 0.25) is 0 Å². The van der Waals surface area contributed by atoms with Crippen LogP contribution in [0, 0.1) is 11.6 Å². The Morgan fingerprint density at radius 3 is 2.41 bits per heavy atom. The molecule has 1 saturated heterocycles. The molecule has 0 aliphatic carbocycles. The molecule has 1 fully saturated rings. The summed E-state index contributed by atoms with van der Waals surface area (Å²) in [4.78, 5) is 29.6. The lowest BCUT2D eigenvalue weighted by molar-refractivity contribution is 0.168. The van der Waals surface area contributed by atoms with Gasteiger partial charge in [0.25, 0.3) is 5.56 Å². The normalized spacial score (nSPS) is 14.4. The maximum absolute atomic E-state index is 14.0. The van der Waals surface area contributed by atoms with Crippen LogP contribution in [-0.4, -0.2) is 65.9 Å². The molecule has 144 valence electrons. The zero-order valence-corrected chi connectivity index (χ0v) is 15.6. The van der Waals surface area contributed by atoms with E-state index in [1.54, 1.807) is 19.0 Å². The summed E-state index contributed by atoms with van der Waals surface area (Å²) in [5, 5.41) is 3.87. The predicted octanol–water partition coefficient (Wildman–Crippen LogP) is 1.97. The molecule has 0 saturated carbocycles. The van der Waals surface area contributed by atoms with E-state index in [9.17, 15) is 18.4 Å². The van der Waals surface area contributed by atoms with Gasteiger partial charge >= 0.3 is 6.03 Å². The quantitative estimate of drug-likeness (QED) is 0.777. The predicted molar refractivity (Wildman–Crippen MR) is 97.6 cm³/mol. The van der Waals surface area contributed by atoms with Crippen molar-refractivity contribution in [2.45, 2.75) is 0 Å². The lowest BCUT2D eigenvalue weighted by Crippen LogP contribution is -2.51. The molecule has 7 nitrogen and oxygen atoms in total. The number of amides is 2. The zero-order valence-electron chi connectivity index (χ0n) is 14.8. The molecule has 0 N–H and O–H groups in total. The van der Waals surface area contributed by atoms with Crippen LogP contribution in [0.5, 0.6) is 0 Å². The second kappa shape index (κ2) is 7.51. The number of carbonyl (C=O) groups excluding carboxylic acids is 1. The summed E-state index contributed by atoms with van der Waals surface area (Å²) in [5.74, 6) is -1.67. The van der Waals surface area contributed by atoms with Crippen molar-refractivity contribution in [3.63, 3.8) is 0 Å². The zero-order chi connectivity index (χ0) is 19.7. The van der Waals surface area contributed by atoms with E-state index in [0.29, 0.717) is 37.9 Å². The van der Waals surface area contributed by atoms with E-state index < -0.39 is 17.2 Å². The van der Waals surface area contributed by atoms with Crippen LogP contribution < -0.4 is 10.5 Å². The minimum atomic E-state index is -0.913. The van der Waals surface area contributed by atoms with E-state index in [1.165, 1.54) is 11.1 Å². The molecule has 27 heavy (non-hydrogen) atoms. The third-order valence-corrected chi connectivity index (χ3v) is 4.67. The van der Waals surface area contributed by atoms with E-state index in [0.717, 1.165) is 16.8 Å². The lowest BCUT2D eigenvalue weighted by Gasteiger charge is -2.37. The highest BCUT2D eigenvalue weighted by molar-refractivity contribution is 6.33. The summed E-state index contributed by atoms with van der Waals surface area (Å²) in [7, 11) is 3.37. The number of carbonyl (C=O) groups is 1. The highest BCUT2D eigenvalue weighted by Crippen LogP contribution is 2.23. The summed E-state index contributed by atoms with van der Waals surface area (Å²) in [6, 6.07) is 2.75. The van der Waals surface area contributed by atoms with Crippen LogP contribution in [0.15, 0.2) is 29.2 Å². The van der Waals surface area contributed by atoms with Gasteiger partial charge in [-0.15, -0.1) is 0 Å². The largest absolute Gasteiger partial charge is 0.365 e. The average Bonchev–Trinajstić information content (AvgIpc) is 2.64. The Bertz CT molecular complexity index is 926. The van der Waals surface area contributed by atoms with Gasteiger partial charge in [0, 0.05) is 46.3 Å². The Labute approximate surface area is 159 Å². The van der Waals surface area contributed by atoms with Crippen molar-refractivity contribution in [2.24, 2.45) is 0 Å². The number of piperazine rings is 1. The summed E-state index contributed by atoms with van der Waals surface area (Å²) >= 11 is 6.21. The summed E-state index contributed by atoms with van der Waals surface area (Å²) < 4.78 is 27.8. The number of urea groups is 1. The fraction of sp³-hybridized carbons (Fsp3) is 0.353. The Morgan fingerprint density at radius 2 is 1.81 bits per heavy atom. The fourth-order valence-electron chi connectivity index (χ4n) is 2.89. The van der Waals surface area contributed by atoms with Crippen molar-refractivity contribution < 1.29 is 13.6 Å². The van der Waals surface area contributed by atoms with Crippen molar-refractivity contribution in [3.8, 4) is 5.69 Å². The number of hydrogen-bond acceptors (Lipinski definition) is 4. The fourth-order valence-corrected chi connectivity index (χ4v) is 3.14. The monoisotopic (exact) mass is 397 g/mol. The van der Waals surface area contributed by atoms with Gasteiger partial charge in [0.1, 0.15) is 16.5 Å². The molecule has 1 aliphatic rings. The maximum atomic E-state index is 14.0. The van der Waals surface area contributed by atoms with E-state index in [2.05, 4.69) is 5.10 Å². The molecule has 10 heteroatoms. The first kappa shape index (κ1) is 19.1. The Hall–Kier alpha value is -2.68. The minimum Gasteiger partial charge on any atom is -0.365 e. The number of nitrogens with zero attached hydrogens (tertiary/aromatic N) is 5. The van der Waals surface area contributed by atoms with Gasteiger partial charge < -0.3 is 14.7 Å². The first-order valence-corrected chi connectivity index (χ1v) is 8.62. The van der Waals surface area contributed by atoms with Gasteiger partial charge in [-0.05, 0) is 12.1 Å². The van der Waals surface area contributed by atoms with Gasteiger partial charge in [-0.3, -0.25) is 4.79 Å². The van der Waals surface area contributed by atoms with Crippen LogP contribution in [0.4, 0.5) is 19.3 Å². The Balaban J connectivity index is 1.84. The van der Waals surface area contributed by atoms with Crippen molar-refractivity contribution >= 4 is 23.3 Å². The number of benzene rings is 1. The molecule has 1 aromatic carbocycles. The summed E-state index contributed by atoms with van der Waals surface area (Å²) in [5.41, 5.74) is -0.472. The molecule has 3 rings (SSSR count). The Kier molecular flexibility index (Phi) is 5.31. The molecule has 0 spiro atoms. The van der Waals surface area contributed by atoms with Crippen molar-refractivity contribution in [1.29, 1.82) is 0 Å². The lowest BCUT2D eigenvalue weighted by atomic mass is 10.2. The topological polar surface area (TPSA) is 61.7 Å². The van der Waals surface area contributed by atoms with E-state index in [1.807, 2.05) is 4.90 Å². The number of rotatable bonds is 2. The van der Waals surface area contributed by atoms with Crippen LogP contribution in [0.2, 0.25) is 5.02 Å². The number of aromatic nitrogens is 2. The number of halogens is 3. The van der Waals surface area contributed by atoms with Crippen LogP contribution >= 0.6 is 11.6 Å². The molecule has 0 atom stereocenters. The van der Waals surface area contributed by atoms with Gasteiger partial charge in [0.05, 0.1) is 11.9 Å². The molecular formula is C17H18ClF2N5O2. The van der Waals surface area contributed by atoms with Gasteiger partial charge in [0.15, 0.2) is 5.82 Å². The van der Waals surface area contributed by atoms with E-state index in [4.69, 9.17) is 11.6 Å². The molecule has 2 amide bonds. The van der Waals surface area contributed by atoms with E-state index >= 15 is 0 Å². The first-order valence-electron chi connectivity index (χ1n) is 8.24. The molecule has 1 aliphatic heterocycles. The average molecular weight is 398 g/mol. The minimum absolute atomic E-state index is 0.0823. The second-order valence-corrected chi connectivity index (χ2v) is 6.69. The third-order valence-electron chi connectivity index (χ3n) is 4.31. The molecule has 0 radical (unpaired) electrons. The SMILES string of the molecule is CN(C)C(=O)N1CCN(c2cnn(-c3ccc(F)cc3F)c(=O)c2Cl)CC1. The van der Waals surface area contributed by atoms with E-state index in [-0.39, 0.29) is 16.7 Å². The van der Waals surface area contributed by atoms with Gasteiger partial charge in [-0.1, -0.05) is 11.6 Å². The third kappa shape index (κ3) is 3.73. The molecule has 1 aromatic heterocycles. The van der Waals surface area contributed by atoms with Crippen LogP contribution in [0.25, 0.3) is 5.69 Å². The van der Waals surface area contributed by atoms with Crippen molar-refractivity contribution in [3.05, 3.63) is 51.4 Å². The van der Waals surface area contributed by atoms with Crippen LogP contribution in [0.1, 0.15) is 0 Å². The molecule has 0 unspecified atom stereocenters. The Morgan fingerprint density at radius 1 is 1.15 bits per heavy atom. The molecule has 2 aromatic rings. The standard InChI is InChI=1S/C17H18ClF2N5O2/c1-22(2)17(27)24-7-5-23(6-8-24)14-10-21-25(16(26)15(14)18)13-4-3-11(19)9-12(13)20/h3-4,9-10H,5-8H2,1-2H3. The van der Waals surface area contributed by atoms with Crippen LogP contribution in [0.3, 0.4) is 0 Å². The van der Waals surface area contributed by atoms with Gasteiger partial charge in [-0.2, -0.15) is 9.78 Å². The van der Waals surface area contributed by atoms with Crippen molar-refractivity contribution in [1.82, 2.24) is 19.6 Å². The van der Waals surface area contributed by atoms with Crippen molar-refractivity contribution in [2.75, 3.05) is 45.2 Å². The first-order chi connectivity index (χ1) is 12.8. The molecule has 2 heterocycles. The second-order valence-electron chi connectivity index (χ2n) is 6.31. The smallest absolute Gasteiger partial charge is 0.319 e. The van der Waals surface area contributed by atoms with Gasteiger partial charge in [-0.25, -0.2) is 13.6 Å². The highest BCUT2D eigenvalue weighted by atomic mass is 35.5. The molecular weight excluding hydrogens is 380 g/mol. The maximum Gasteiger partial charge on any atom is 0.319 e. The number of hydrogen-bond donors (Lipinski definition) is 0. The van der Waals surface area contributed by atoms with Crippen LogP contribution in [-0.2, 0) is 0 Å². The summed E-state index contributed by atoms with van der Waals surface area (Å²) in [6.07, 6.45) is 1.37. The number of anilines is 1. The molecule has 0 bridgehead atoms.